The van der Waals surface area contributed by atoms with E-state index in [2.05, 4.69) is 19.2 Å². The molecule has 0 saturated heterocycles. The molecule has 0 aliphatic heterocycles. The lowest BCUT2D eigenvalue weighted by Gasteiger charge is -2.14. The number of benzene rings is 1. The van der Waals surface area contributed by atoms with Crippen LogP contribution in [0.2, 0.25) is 5.02 Å². The van der Waals surface area contributed by atoms with Gasteiger partial charge in [-0.1, -0.05) is 25.4 Å². The Morgan fingerprint density at radius 1 is 1.32 bits per heavy atom. The van der Waals surface area contributed by atoms with Gasteiger partial charge >= 0.3 is 5.97 Å². The van der Waals surface area contributed by atoms with Crippen LogP contribution in [0.15, 0.2) is 12.1 Å². The van der Waals surface area contributed by atoms with Crippen molar-refractivity contribution in [2.24, 2.45) is 5.92 Å². The van der Waals surface area contributed by atoms with Gasteiger partial charge < -0.3 is 19.5 Å². The average Bonchev–Trinajstić information content (AvgIpc) is 3.37. The van der Waals surface area contributed by atoms with Gasteiger partial charge in [0.1, 0.15) is 0 Å². The van der Waals surface area contributed by atoms with E-state index < -0.39 is 5.97 Å². The van der Waals surface area contributed by atoms with Crippen molar-refractivity contribution in [3.8, 4) is 11.5 Å². The number of ether oxygens (including phenoxy) is 3. The Morgan fingerprint density at radius 3 is 2.64 bits per heavy atom. The molecule has 2 rings (SSSR count). The first kappa shape index (κ1) is 19.4. The Morgan fingerprint density at radius 2 is 2.04 bits per heavy atom. The quantitative estimate of drug-likeness (QED) is 0.676. The van der Waals surface area contributed by atoms with Crippen LogP contribution >= 0.6 is 11.6 Å². The predicted octanol–water partition coefficient (Wildman–Crippen LogP) is 3.21. The number of methoxy groups -OCH3 is 1. The van der Waals surface area contributed by atoms with Crippen molar-refractivity contribution in [1.82, 2.24) is 5.32 Å². The van der Waals surface area contributed by atoms with Crippen LogP contribution in [0.5, 0.6) is 11.5 Å². The van der Waals surface area contributed by atoms with E-state index in [9.17, 15) is 9.59 Å². The summed E-state index contributed by atoms with van der Waals surface area (Å²) in [6.07, 6.45) is 2.83. The topological polar surface area (TPSA) is 73.9 Å². The van der Waals surface area contributed by atoms with Gasteiger partial charge in [-0.2, -0.15) is 0 Å². The zero-order valence-electron chi connectivity index (χ0n) is 14.8. The van der Waals surface area contributed by atoms with Gasteiger partial charge in [-0.05, 0) is 37.3 Å². The maximum absolute atomic E-state index is 12.1. The molecule has 0 heterocycles. The van der Waals surface area contributed by atoms with Gasteiger partial charge in [0.05, 0.1) is 24.3 Å². The number of halogens is 1. The summed E-state index contributed by atoms with van der Waals surface area (Å²) in [4.78, 5) is 23.7. The third kappa shape index (κ3) is 6.12. The number of rotatable bonds is 9. The number of hydrogen-bond acceptors (Lipinski definition) is 5. The van der Waals surface area contributed by atoms with Crippen LogP contribution in [-0.4, -0.2) is 38.2 Å². The van der Waals surface area contributed by atoms with Crippen LogP contribution in [0.25, 0.3) is 0 Å². The molecular weight excluding hydrogens is 346 g/mol. The normalized spacial score (nSPS) is 13.5. The van der Waals surface area contributed by atoms with Crippen molar-refractivity contribution in [3.05, 3.63) is 22.7 Å². The van der Waals surface area contributed by atoms with Gasteiger partial charge in [0.15, 0.2) is 18.1 Å². The smallest absolute Gasteiger partial charge is 0.338 e. The van der Waals surface area contributed by atoms with Gasteiger partial charge in [-0.3, -0.25) is 4.79 Å². The summed E-state index contributed by atoms with van der Waals surface area (Å²) in [5, 5.41) is 3.01. The van der Waals surface area contributed by atoms with E-state index in [0.29, 0.717) is 24.0 Å². The Kier molecular flexibility index (Phi) is 6.93. The number of esters is 1. The van der Waals surface area contributed by atoms with E-state index >= 15 is 0 Å². The summed E-state index contributed by atoms with van der Waals surface area (Å²) in [5.74, 6) is 0.307. The molecule has 1 aliphatic rings. The molecule has 0 radical (unpaired) electrons. The molecule has 0 atom stereocenters. The fourth-order valence-electron chi connectivity index (χ4n) is 2.09. The first-order valence-corrected chi connectivity index (χ1v) is 8.75. The average molecular weight is 370 g/mol. The molecule has 6 nitrogen and oxygen atoms in total. The minimum Gasteiger partial charge on any atom is -0.493 e. The summed E-state index contributed by atoms with van der Waals surface area (Å²) < 4.78 is 16.0. The first-order valence-electron chi connectivity index (χ1n) is 8.37. The van der Waals surface area contributed by atoms with Crippen LogP contribution in [0, 0.1) is 5.92 Å². The van der Waals surface area contributed by atoms with Crippen LogP contribution in [0.4, 0.5) is 0 Å². The second-order valence-corrected chi connectivity index (χ2v) is 6.85. The molecule has 7 heteroatoms. The minimum absolute atomic E-state index is 0.206. The van der Waals surface area contributed by atoms with Crippen LogP contribution in [0.1, 0.15) is 43.5 Å². The molecular formula is C18H24ClNO5. The maximum Gasteiger partial charge on any atom is 0.338 e. The van der Waals surface area contributed by atoms with E-state index in [4.69, 9.17) is 25.8 Å². The number of nitrogens with one attached hydrogen (secondary N) is 1. The molecule has 0 aromatic heterocycles. The molecule has 1 N–H and O–H groups in total. The molecule has 1 fully saturated rings. The van der Waals surface area contributed by atoms with E-state index in [0.717, 1.165) is 19.3 Å². The van der Waals surface area contributed by atoms with Gasteiger partial charge in [0, 0.05) is 6.04 Å². The van der Waals surface area contributed by atoms with E-state index in [1.165, 1.54) is 19.2 Å². The Balaban J connectivity index is 1.98. The predicted molar refractivity (Wildman–Crippen MR) is 94.4 cm³/mol. The number of hydrogen-bond donors (Lipinski definition) is 1. The fourth-order valence-corrected chi connectivity index (χ4v) is 2.35. The van der Waals surface area contributed by atoms with Crippen LogP contribution in [-0.2, 0) is 9.53 Å². The standard InChI is InChI=1S/C18H24ClNO5/c1-11(2)6-7-24-17-14(19)8-12(9-15(17)23-3)18(22)25-10-16(21)20-13-4-5-13/h8-9,11,13H,4-7,10H2,1-3H3,(H,20,21). The highest BCUT2D eigenvalue weighted by Crippen LogP contribution is 2.36. The lowest BCUT2D eigenvalue weighted by molar-refractivity contribution is -0.124. The summed E-state index contributed by atoms with van der Waals surface area (Å²) in [5.41, 5.74) is 0.206. The lowest BCUT2D eigenvalue weighted by atomic mass is 10.1. The van der Waals surface area contributed by atoms with Gasteiger partial charge in [0.2, 0.25) is 0 Å². The third-order valence-corrected chi connectivity index (χ3v) is 3.96. The lowest BCUT2D eigenvalue weighted by Crippen LogP contribution is -2.30. The SMILES string of the molecule is COc1cc(C(=O)OCC(=O)NC2CC2)cc(Cl)c1OCCC(C)C. The van der Waals surface area contributed by atoms with Crippen molar-refractivity contribution < 1.29 is 23.8 Å². The molecule has 1 saturated carbocycles. The molecule has 0 bridgehead atoms. The number of carbonyl (C=O) groups excluding carboxylic acids is 2. The van der Waals surface area contributed by atoms with Gasteiger partial charge in [-0.25, -0.2) is 4.79 Å². The molecule has 1 aliphatic carbocycles. The molecule has 1 amide bonds. The van der Waals surface area contributed by atoms with Gasteiger partial charge in [0.25, 0.3) is 5.91 Å². The zero-order chi connectivity index (χ0) is 18.4. The second-order valence-electron chi connectivity index (χ2n) is 6.44. The Bertz CT molecular complexity index is 628. The molecule has 1 aromatic rings. The van der Waals surface area contributed by atoms with Crippen molar-refractivity contribution in [2.75, 3.05) is 20.3 Å². The largest absolute Gasteiger partial charge is 0.493 e. The van der Waals surface area contributed by atoms with Gasteiger partial charge in [-0.15, -0.1) is 0 Å². The van der Waals surface area contributed by atoms with E-state index in [1.807, 2.05) is 0 Å². The zero-order valence-corrected chi connectivity index (χ0v) is 15.5. The highest BCUT2D eigenvalue weighted by Gasteiger charge is 2.24. The monoisotopic (exact) mass is 369 g/mol. The number of amides is 1. The highest BCUT2D eigenvalue weighted by molar-refractivity contribution is 6.32. The van der Waals surface area contributed by atoms with Crippen LogP contribution in [0.3, 0.4) is 0 Å². The summed E-state index contributed by atoms with van der Waals surface area (Å²) in [6, 6.07) is 3.18. The van der Waals surface area contributed by atoms with Crippen molar-refractivity contribution >= 4 is 23.5 Å². The van der Waals surface area contributed by atoms with Crippen molar-refractivity contribution in [2.45, 2.75) is 39.2 Å². The van der Waals surface area contributed by atoms with Crippen molar-refractivity contribution in [1.29, 1.82) is 0 Å². The van der Waals surface area contributed by atoms with Crippen molar-refractivity contribution in [3.63, 3.8) is 0 Å². The minimum atomic E-state index is -0.639. The van der Waals surface area contributed by atoms with E-state index in [1.54, 1.807) is 0 Å². The first-order chi connectivity index (χ1) is 11.9. The molecule has 1 aromatic carbocycles. The molecule has 0 unspecified atom stereocenters. The molecule has 25 heavy (non-hydrogen) atoms. The highest BCUT2D eigenvalue weighted by atomic mass is 35.5. The Labute approximate surface area is 152 Å². The Hall–Kier alpha value is -1.95. The summed E-state index contributed by atoms with van der Waals surface area (Å²) in [6.45, 7) is 4.38. The molecule has 138 valence electrons. The second kappa shape index (κ2) is 8.94. The van der Waals surface area contributed by atoms with Crippen LogP contribution < -0.4 is 14.8 Å². The third-order valence-electron chi connectivity index (χ3n) is 3.68. The molecule has 0 spiro atoms. The number of carbonyl (C=O) groups is 2. The maximum atomic E-state index is 12.1. The fraction of sp³-hybridized carbons (Fsp3) is 0.556. The van der Waals surface area contributed by atoms with E-state index in [-0.39, 0.29) is 29.1 Å². The summed E-state index contributed by atoms with van der Waals surface area (Å²) in [7, 11) is 1.47. The summed E-state index contributed by atoms with van der Waals surface area (Å²) >= 11 is 6.22.